The molecule has 0 aromatic rings. The first kappa shape index (κ1) is 31.1. The number of aliphatic hydroxyl groups excluding tert-OH is 1. The summed E-state index contributed by atoms with van der Waals surface area (Å²) in [4.78, 5) is 11.1. The van der Waals surface area contributed by atoms with E-state index in [-0.39, 0.29) is 0 Å². The number of carbonyl (C=O) groups excluding carboxylic acids is 1. The van der Waals surface area contributed by atoms with E-state index in [4.69, 9.17) is 5.11 Å². The highest BCUT2D eigenvalue weighted by atomic mass is 19.4. The lowest BCUT2D eigenvalue weighted by Crippen LogP contribution is -2.70. The number of hydrogen-bond donors (Lipinski definition) is 1. The SMILES string of the molecule is C=CCCCC(F)(F)C(F)(F)C(F)(F)C(F)(F)C(F)(F)C(F)(F)CCCOC(=O)C(=C)CO. The minimum absolute atomic E-state index is 0.446. The topological polar surface area (TPSA) is 46.5 Å². The van der Waals surface area contributed by atoms with Gasteiger partial charge in [-0.2, -0.15) is 52.7 Å². The lowest BCUT2D eigenvalue weighted by atomic mass is 9.88. The molecule has 15 heteroatoms. The van der Waals surface area contributed by atoms with Crippen LogP contribution in [0, 0.1) is 0 Å². The zero-order valence-electron chi connectivity index (χ0n) is 16.7. The Labute approximate surface area is 180 Å². The van der Waals surface area contributed by atoms with Crippen LogP contribution in [-0.4, -0.2) is 59.8 Å². The van der Waals surface area contributed by atoms with E-state index in [0.717, 1.165) is 6.08 Å². The molecule has 0 aromatic heterocycles. The Kier molecular flexibility index (Phi) is 9.94. The molecular formula is C18H20F12O3. The van der Waals surface area contributed by atoms with Gasteiger partial charge in [-0.25, -0.2) is 4.79 Å². The zero-order valence-corrected chi connectivity index (χ0v) is 16.7. The first-order valence-electron chi connectivity index (χ1n) is 9.01. The number of halogens is 12. The van der Waals surface area contributed by atoms with Crippen LogP contribution in [0.15, 0.2) is 24.8 Å². The summed E-state index contributed by atoms with van der Waals surface area (Å²) in [7, 11) is 0. The average molecular weight is 512 g/mol. The molecule has 33 heavy (non-hydrogen) atoms. The number of hydrogen-bond acceptors (Lipinski definition) is 3. The minimum Gasteiger partial charge on any atom is -0.462 e. The van der Waals surface area contributed by atoms with Crippen molar-refractivity contribution >= 4 is 5.97 Å². The molecule has 0 aliphatic heterocycles. The molecule has 0 bridgehead atoms. The van der Waals surface area contributed by atoms with E-state index in [2.05, 4.69) is 17.9 Å². The van der Waals surface area contributed by atoms with Crippen LogP contribution in [0.4, 0.5) is 52.7 Å². The highest BCUT2D eigenvalue weighted by Gasteiger charge is 2.89. The quantitative estimate of drug-likeness (QED) is 0.0959. The molecule has 0 unspecified atom stereocenters. The van der Waals surface area contributed by atoms with Crippen LogP contribution in [0.1, 0.15) is 32.1 Å². The predicted octanol–water partition coefficient (Wildman–Crippen LogP) is 6.03. The van der Waals surface area contributed by atoms with Gasteiger partial charge in [-0.3, -0.25) is 0 Å². The zero-order chi connectivity index (χ0) is 26.5. The fraction of sp³-hybridized carbons (Fsp3) is 0.722. The summed E-state index contributed by atoms with van der Waals surface area (Å²) < 4.78 is 168. The third-order valence-electron chi connectivity index (χ3n) is 4.35. The number of esters is 1. The Morgan fingerprint density at radius 3 is 1.52 bits per heavy atom. The van der Waals surface area contributed by atoms with Crippen molar-refractivity contribution < 1.29 is 67.3 Å². The van der Waals surface area contributed by atoms with E-state index < -0.39 is 92.4 Å². The molecule has 0 heterocycles. The molecule has 1 N–H and O–H groups in total. The molecule has 0 saturated carbocycles. The molecule has 0 amide bonds. The number of aliphatic hydroxyl groups is 1. The predicted molar refractivity (Wildman–Crippen MR) is 90.1 cm³/mol. The van der Waals surface area contributed by atoms with Crippen LogP contribution in [0.3, 0.4) is 0 Å². The van der Waals surface area contributed by atoms with E-state index in [1.165, 1.54) is 0 Å². The van der Waals surface area contributed by atoms with Gasteiger partial charge in [-0.1, -0.05) is 12.7 Å². The van der Waals surface area contributed by atoms with Crippen molar-refractivity contribution in [1.29, 1.82) is 0 Å². The molecule has 0 rings (SSSR count). The van der Waals surface area contributed by atoms with Gasteiger partial charge in [-0.15, -0.1) is 6.58 Å². The number of rotatable bonds is 15. The highest BCUT2D eigenvalue weighted by molar-refractivity contribution is 5.87. The summed E-state index contributed by atoms with van der Waals surface area (Å²) in [5, 5.41) is 8.55. The monoisotopic (exact) mass is 512 g/mol. The van der Waals surface area contributed by atoms with E-state index in [1.807, 2.05) is 0 Å². The number of unbranched alkanes of at least 4 members (excludes halogenated alkanes) is 1. The maximum absolute atomic E-state index is 13.7. The fourth-order valence-corrected chi connectivity index (χ4v) is 2.26. The van der Waals surface area contributed by atoms with Gasteiger partial charge in [0.15, 0.2) is 0 Å². The second-order valence-corrected chi connectivity index (χ2v) is 6.89. The van der Waals surface area contributed by atoms with Crippen LogP contribution in [0.2, 0.25) is 0 Å². The van der Waals surface area contributed by atoms with E-state index >= 15 is 0 Å². The lowest BCUT2D eigenvalue weighted by Gasteiger charge is -2.41. The second kappa shape index (κ2) is 10.6. The number of alkyl halides is 12. The first-order chi connectivity index (χ1) is 14.7. The van der Waals surface area contributed by atoms with Crippen molar-refractivity contribution in [2.45, 2.75) is 67.6 Å². The maximum atomic E-state index is 13.7. The standard InChI is InChI=1S/C18H20F12O3/c1-3-4-5-7-13(19,20)15(23,24)17(27,28)18(29,30)16(25,26)14(21,22)8-6-9-33-12(32)11(2)10-31/h3,31H,1-2,4-10H2. The van der Waals surface area contributed by atoms with Gasteiger partial charge >= 0.3 is 41.5 Å². The molecule has 0 spiro atoms. The largest absolute Gasteiger partial charge is 0.462 e. The van der Waals surface area contributed by atoms with Crippen LogP contribution in [0.5, 0.6) is 0 Å². The van der Waals surface area contributed by atoms with Crippen LogP contribution in [0.25, 0.3) is 0 Å². The van der Waals surface area contributed by atoms with Gasteiger partial charge in [0.25, 0.3) is 0 Å². The molecular weight excluding hydrogens is 492 g/mol. The van der Waals surface area contributed by atoms with Gasteiger partial charge in [0.2, 0.25) is 0 Å². The van der Waals surface area contributed by atoms with E-state index in [0.29, 0.717) is 0 Å². The third-order valence-corrected chi connectivity index (χ3v) is 4.35. The van der Waals surface area contributed by atoms with Crippen molar-refractivity contribution in [2.75, 3.05) is 13.2 Å². The van der Waals surface area contributed by atoms with Crippen molar-refractivity contribution in [3.8, 4) is 0 Å². The molecule has 194 valence electrons. The summed E-state index contributed by atoms with van der Waals surface area (Å²) >= 11 is 0. The van der Waals surface area contributed by atoms with Crippen molar-refractivity contribution in [3.05, 3.63) is 24.8 Å². The summed E-state index contributed by atoms with van der Waals surface area (Å²) in [6, 6.07) is 0. The Morgan fingerprint density at radius 2 is 1.15 bits per heavy atom. The fourth-order valence-electron chi connectivity index (χ4n) is 2.26. The highest BCUT2D eigenvalue weighted by Crippen LogP contribution is 2.61. The molecule has 0 saturated heterocycles. The number of carbonyl (C=O) groups is 1. The van der Waals surface area contributed by atoms with Gasteiger partial charge in [-0.05, 0) is 19.3 Å². The van der Waals surface area contributed by atoms with Gasteiger partial charge in [0.05, 0.1) is 18.8 Å². The van der Waals surface area contributed by atoms with Crippen LogP contribution >= 0.6 is 0 Å². The number of allylic oxidation sites excluding steroid dienone is 1. The maximum Gasteiger partial charge on any atom is 0.384 e. The molecule has 0 aliphatic carbocycles. The van der Waals surface area contributed by atoms with Crippen molar-refractivity contribution in [3.63, 3.8) is 0 Å². The molecule has 0 radical (unpaired) electrons. The molecule has 0 atom stereocenters. The van der Waals surface area contributed by atoms with Crippen molar-refractivity contribution in [2.24, 2.45) is 0 Å². The molecule has 0 aromatic carbocycles. The van der Waals surface area contributed by atoms with Gasteiger partial charge < -0.3 is 9.84 Å². The van der Waals surface area contributed by atoms with E-state index in [9.17, 15) is 57.5 Å². The summed E-state index contributed by atoms with van der Waals surface area (Å²) in [6.07, 6.45) is -6.41. The lowest BCUT2D eigenvalue weighted by molar-refractivity contribution is -0.425. The van der Waals surface area contributed by atoms with Crippen LogP contribution in [-0.2, 0) is 9.53 Å². The summed E-state index contributed by atoms with van der Waals surface area (Å²) in [5.74, 6) is -43.0. The van der Waals surface area contributed by atoms with Crippen molar-refractivity contribution in [1.82, 2.24) is 0 Å². The normalized spacial score (nSPS) is 14.2. The Balaban J connectivity index is 5.71. The molecule has 0 fully saturated rings. The smallest absolute Gasteiger partial charge is 0.384 e. The molecule has 0 aliphatic rings. The second-order valence-electron chi connectivity index (χ2n) is 6.89. The number of ether oxygens (including phenoxy) is 1. The molecule has 3 nitrogen and oxygen atoms in total. The summed E-state index contributed by atoms with van der Waals surface area (Å²) in [6.45, 7) is 3.86. The Bertz CT molecular complexity index is 704. The van der Waals surface area contributed by atoms with Gasteiger partial charge in [0, 0.05) is 12.8 Å². The van der Waals surface area contributed by atoms with E-state index in [1.54, 1.807) is 0 Å². The third kappa shape index (κ3) is 5.96. The minimum atomic E-state index is -7.63. The summed E-state index contributed by atoms with van der Waals surface area (Å²) in [5.41, 5.74) is -0.602. The Morgan fingerprint density at radius 1 is 0.758 bits per heavy atom. The Hall–Kier alpha value is -1.93. The van der Waals surface area contributed by atoms with Crippen LogP contribution < -0.4 is 0 Å². The van der Waals surface area contributed by atoms with Gasteiger partial charge in [0.1, 0.15) is 0 Å². The first-order valence-corrected chi connectivity index (χ1v) is 9.01. The average Bonchev–Trinajstić information content (AvgIpc) is 2.69.